The summed E-state index contributed by atoms with van der Waals surface area (Å²) < 4.78 is 0. The molecule has 0 radical (unpaired) electrons. The van der Waals surface area contributed by atoms with Crippen LogP contribution < -0.4 is 0 Å². The number of rotatable bonds is 3. The zero-order valence-corrected chi connectivity index (χ0v) is 20.9. The molecule has 166 valence electrons. The molecule has 1 unspecified atom stereocenters. The number of benzene rings is 1. The van der Waals surface area contributed by atoms with Gasteiger partial charge in [0.25, 0.3) is 0 Å². The highest BCUT2D eigenvalue weighted by molar-refractivity contribution is 5.78. The van der Waals surface area contributed by atoms with Crippen molar-refractivity contribution in [3.8, 4) is 0 Å². The Morgan fingerprint density at radius 1 is 0.871 bits per heavy atom. The monoisotopic (exact) mass is 414 g/mol. The molecule has 1 aromatic rings. The fourth-order valence-electron chi connectivity index (χ4n) is 5.57. The van der Waals surface area contributed by atoms with Crippen LogP contribution in [0.4, 0.5) is 0 Å². The molecule has 0 N–H and O–H groups in total. The molecular formula is C31H42. The van der Waals surface area contributed by atoms with Gasteiger partial charge in [0.15, 0.2) is 0 Å². The first-order chi connectivity index (χ1) is 14.4. The van der Waals surface area contributed by atoms with Crippen molar-refractivity contribution in [3.05, 3.63) is 76.4 Å². The van der Waals surface area contributed by atoms with Gasteiger partial charge in [0, 0.05) is 5.92 Å². The Kier molecular flexibility index (Phi) is 5.74. The highest BCUT2D eigenvalue weighted by atomic mass is 14.4. The fourth-order valence-corrected chi connectivity index (χ4v) is 5.57. The maximum absolute atomic E-state index is 2.57. The standard InChI is InChI=1S/C31H42/c1-29(2,3)25-18-24(19-26(20-25)30(4,5)6)27-13-11-12-23-16-22(17-28(23)27)21-31(7)14-9-8-10-15-31/h11-13,16-20,28H,8-10,14-15,21H2,1-7H3. The number of fused-ring (bicyclic) bond motifs is 1. The summed E-state index contributed by atoms with van der Waals surface area (Å²) in [5.41, 5.74) is 9.57. The third-order valence-corrected chi connectivity index (χ3v) is 7.68. The molecule has 1 saturated carbocycles. The van der Waals surface area contributed by atoms with E-state index in [2.05, 4.69) is 97.0 Å². The summed E-state index contributed by atoms with van der Waals surface area (Å²) in [6.45, 7) is 16.5. The summed E-state index contributed by atoms with van der Waals surface area (Å²) in [5.74, 6) is 0.412. The van der Waals surface area contributed by atoms with Crippen molar-refractivity contribution in [2.45, 2.75) is 97.8 Å². The fraction of sp³-hybridized carbons (Fsp3) is 0.548. The van der Waals surface area contributed by atoms with Gasteiger partial charge in [-0.05, 0) is 63.3 Å². The van der Waals surface area contributed by atoms with Gasteiger partial charge in [-0.25, -0.2) is 0 Å². The average molecular weight is 415 g/mol. The minimum atomic E-state index is 0.145. The topological polar surface area (TPSA) is 0 Å². The van der Waals surface area contributed by atoms with Gasteiger partial charge in [-0.3, -0.25) is 0 Å². The highest BCUT2D eigenvalue weighted by Gasteiger charge is 2.31. The summed E-state index contributed by atoms with van der Waals surface area (Å²) in [6, 6.07) is 7.33. The van der Waals surface area contributed by atoms with E-state index >= 15 is 0 Å². The lowest BCUT2D eigenvalue weighted by molar-refractivity contribution is 0.216. The van der Waals surface area contributed by atoms with Crippen LogP contribution >= 0.6 is 0 Å². The van der Waals surface area contributed by atoms with Crippen molar-refractivity contribution in [2.75, 3.05) is 0 Å². The molecule has 1 aromatic carbocycles. The van der Waals surface area contributed by atoms with Gasteiger partial charge < -0.3 is 0 Å². The van der Waals surface area contributed by atoms with Crippen molar-refractivity contribution in [1.29, 1.82) is 0 Å². The predicted octanol–water partition coefficient (Wildman–Crippen LogP) is 9.08. The van der Waals surface area contributed by atoms with Crippen LogP contribution in [0.1, 0.15) is 104 Å². The van der Waals surface area contributed by atoms with Gasteiger partial charge in [-0.1, -0.05) is 122 Å². The molecule has 3 aliphatic rings. The Labute approximate surface area is 191 Å². The Morgan fingerprint density at radius 2 is 1.48 bits per heavy atom. The van der Waals surface area contributed by atoms with Crippen LogP contribution in [0.15, 0.2) is 59.7 Å². The van der Waals surface area contributed by atoms with Crippen LogP contribution in [0.3, 0.4) is 0 Å². The van der Waals surface area contributed by atoms with Gasteiger partial charge >= 0.3 is 0 Å². The van der Waals surface area contributed by atoms with E-state index in [1.54, 1.807) is 5.57 Å². The molecule has 0 heteroatoms. The first-order valence-corrected chi connectivity index (χ1v) is 12.4. The minimum absolute atomic E-state index is 0.145. The van der Waals surface area contributed by atoms with E-state index in [9.17, 15) is 0 Å². The summed E-state index contributed by atoms with van der Waals surface area (Å²) in [5, 5.41) is 0. The molecule has 31 heavy (non-hydrogen) atoms. The minimum Gasteiger partial charge on any atom is -0.0694 e. The summed E-state index contributed by atoms with van der Waals surface area (Å²) >= 11 is 0. The number of allylic oxidation sites excluding steroid dienone is 8. The van der Waals surface area contributed by atoms with E-state index in [0.29, 0.717) is 11.3 Å². The quantitative estimate of drug-likeness (QED) is 0.462. The average Bonchev–Trinajstić information content (AvgIpc) is 3.08. The molecule has 0 heterocycles. The van der Waals surface area contributed by atoms with Gasteiger partial charge in [0.2, 0.25) is 0 Å². The van der Waals surface area contributed by atoms with Crippen LogP contribution in [0, 0.1) is 11.3 Å². The van der Waals surface area contributed by atoms with E-state index in [1.807, 2.05) is 0 Å². The maximum atomic E-state index is 2.57. The van der Waals surface area contributed by atoms with Gasteiger partial charge in [-0.2, -0.15) is 0 Å². The van der Waals surface area contributed by atoms with Crippen molar-refractivity contribution < 1.29 is 0 Å². The molecule has 0 nitrogen and oxygen atoms in total. The Balaban J connectivity index is 1.69. The molecule has 1 fully saturated rings. The third kappa shape index (κ3) is 4.84. The lowest BCUT2D eigenvalue weighted by Crippen LogP contribution is -2.20. The van der Waals surface area contributed by atoms with Crippen LogP contribution in [0.5, 0.6) is 0 Å². The third-order valence-electron chi connectivity index (χ3n) is 7.68. The van der Waals surface area contributed by atoms with Crippen molar-refractivity contribution in [1.82, 2.24) is 0 Å². The molecule has 0 bridgehead atoms. The number of hydrogen-bond donors (Lipinski definition) is 0. The maximum Gasteiger partial charge on any atom is 0.0281 e. The molecule has 0 aromatic heterocycles. The van der Waals surface area contributed by atoms with Crippen LogP contribution in [0.2, 0.25) is 0 Å². The van der Waals surface area contributed by atoms with Crippen LogP contribution in [0.25, 0.3) is 5.57 Å². The largest absolute Gasteiger partial charge is 0.0694 e. The second kappa shape index (κ2) is 7.95. The zero-order valence-electron chi connectivity index (χ0n) is 20.9. The van der Waals surface area contributed by atoms with Gasteiger partial charge in [-0.15, -0.1) is 0 Å². The van der Waals surface area contributed by atoms with E-state index in [1.165, 1.54) is 66.4 Å². The number of hydrogen-bond acceptors (Lipinski definition) is 0. The Morgan fingerprint density at radius 3 is 2.06 bits per heavy atom. The van der Waals surface area contributed by atoms with Crippen molar-refractivity contribution >= 4 is 5.57 Å². The molecule has 1 atom stereocenters. The second-order valence-corrected chi connectivity index (χ2v) is 12.7. The summed E-state index contributed by atoms with van der Waals surface area (Å²) in [7, 11) is 0. The van der Waals surface area contributed by atoms with E-state index in [-0.39, 0.29) is 10.8 Å². The first kappa shape index (κ1) is 22.4. The van der Waals surface area contributed by atoms with E-state index < -0.39 is 0 Å². The molecule has 4 rings (SSSR count). The van der Waals surface area contributed by atoms with Crippen molar-refractivity contribution in [3.63, 3.8) is 0 Å². The lowest BCUT2D eigenvalue weighted by atomic mass is 9.72. The van der Waals surface area contributed by atoms with Gasteiger partial charge in [0.1, 0.15) is 0 Å². The smallest absolute Gasteiger partial charge is 0.0281 e. The Bertz CT molecular complexity index is 924. The molecule has 0 amide bonds. The molecule has 0 saturated heterocycles. The molecule has 0 spiro atoms. The molecule has 0 aliphatic heterocycles. The zero-order chi connectivity index (χ0) is 22.4. The van der Waals surface area contributed by atoms with Crippen LogP contribution in [-0.2, 0) is 10.8 Å². The SMILES string of the molecule is CC1(CC2=CC3C(=C2)C=CC=C3c2cc(C(C)(C)C)cc(C(C)(C)C)c2)CCCCC1. The summed E-state index contributed by atoms with van der Waals surface area (Å²) in [6.07, 6.45) is 20.3. The van der Waals surface area contributed by atoms with E-state index in [0.717, 1.165) is 0 Å². The van der Waals surface area contributed by atoms with Gasteiger partial charge in [0.05, 0.1) is 0 Å². The first-order valence-electron chi connectivity index (χ1n) is 12.4. The normalized spacial score (nSPS) is 23.2. The second-order valence-electron chi connectivity index (χ2n) is 12.7. The molecular weight excluding hydrogens is 372 g/mol. The summed E-state index contributed by atoms with van der Waals surface area (Å²) in [4.78, 5) is 0. The van der Waals surface area contributed by atoms with Crippen molar-refractivity contribution in [2.24, 2.45) is 11.3 Å². The van der Waals surface area contributed by atoms with E-state index in [4.69, 9.17) is 0 Å². The molecule has 3 aliphatic carbocycles. The Hall–Kier alpha value is -1.82. The van der Waals surface area contributed by atoms with Crippen LogP contribution in [-0.4, -0.2) is 0 Å². The highest BCUT2D eigenvalue weighted by Crippen LogP contribution is 2.46. The predicted molar refractivity (Wildman–Crippen MR) is 136 cm³/mol. The lowest BCUT2D eigenvalue weighted by Gasteiger charge is -2.33.